The summed E-state index contributed by atoms with van der Waals surface area (Å²) in [5.74, 6) is 0.447. The molecule has 0 aliphatic rings. The second kappa shape index (κ2) is 5.51. The molecule has 2 aromatic rings. The maximum atomic E-state index is 7.94. The first-order valence-electron chi connectivity index (χ1n) is 5.94. The van der Waals surface area contributed by atoms with E-state index in [0.717, 1.165) is 4.47 Å². The molecule has 0 fully saturated rings. The molecule has 0 spiro atoms. The molecule has 2 rings (SSSR count). The van der Waals surface area contributed by atoms with Gasteiger partial charge in [-0.15, -0.1) is 0 Å². The average molecular weight is 290 g/mol. The normalized spacial score (nSPS) is 12.2. The standard InChI is InChI=1S/C14H10BrNO/c1-16-13-6-2-11(3-7-13)10-17-14-8-4-12(15)5-9-14/h2-9H,10H2/i10D2. The number of hydrogen-bond acceptors (Lipinski definition) is 1. The molecule has 0 N–H and O–H groups in total. The third-order valence-corrected chi connectivity index (χ3v) is 2.63. The van der Waals surface area contributed by atoms with Gasteiger partial charge in [-0.2, -0.15) is 0 Å². The minimum absolute atomic E-state index is 0.378. The van der Waals surface area contributed by atoms with Gasteiger partial charge in [-0.05, 0) is 29.8 Å². The van der Waals surface area contributed by atoms with Gasteiger partial charge in [0.05, 0.1) is 9.31 Å². The van der Waals surface area contributed by atoms with Crippen molar-refractivity contribution in [1.29, 1.82) is 0 Å². The number of ether oxygens (including phenoxy) is 1. The van der Waals surface area contributed by atoms with Crippen LogP contribution in [-0.2, 0) is 6.56 Å². The van der Waals surface area contributed by atoms with E-state index < -0.39 is 6.56 Å². The number of nitrogens with zero attached hydrogens (tertiary/aromatic N) is 1. The summed E-state index contributed by atoms with van der Waals surface area (Å²) in [6.45, 7) is 4.93. The lowest BCUT2D eigenvalue weighted by Crippen LogP contribution is -1.94. The van der Waals surface area contributed by atoms with Crippen LogP contribution in [0.25, 0.3) is 4.85 Å². The van der Waals surface area contributed by atoms with Crippen LogP contribution in [0.1, 0.15) is 8.30 Å². The first-order chi connectivity index (χ1) is 9.01. The van der Waals surface area contributed by atoms with Gasteiger partial charge in [0.25, 0.3) is 0 Å². The van der Waals surface area contributed by atoms with Crippen LogP contribution in [0.5, 0.6) is 5.75 Å². The molecule has 0 saturated heterocycles. The Kier molecular flexibility index (Phi) is 3.00. The fourth-order valence-corrected chi connectivity index (χ4v) is 1.49. The fraction of sp³-hybridized carbons (Fsp3) is 0.0714. The predicted octanol–water partition coefficient (Wildman–Crippen LogP) is 4.58. The molecule has 0 aliphatic carbocycles. The van der Waals surface area contributed by atoms with Crippen LogP contribution in [0, 0.1) is 6.57 Å². The van der Waals surface area contributed by atoms with Gasteiger partial charge in [0, 0.05) is 4.47 Å². The third-order valence-electron chi connectivity index (χ3n) is 2.10. The van der Waals surface area contributed by atoms with Crippen molar-refractivity contribution in [2.24, 2.45) is 0 Å². The number of benzene rings is 2. The van der Waals surface area contributed by atoms with Crippen molar-refractivity contribution in [2.45, 2.75) is 6.56 Å². The lowest BCUT2D eigenvalue weighted by molar-refractivity contribution is 0.306. The highest BCUT2D eigenvalue weighted by Crippen LogP contribution is 2.18. The predicted molar refractivity (Wildman–Crippen MR) is 71.2 cm³/mol. The molecule has 0 aliphatic heterocycles. The Labute approximate surface area is 112 Å². The van der Waals surface area contributed by atoms with Gasteiger partial charge in [0.15, 0.2) is 5.69 Å². The number of hydrogen-bond donors (Lipinski definition) is 0. The molecule has 0 atom stereocenters. The molecule has 84 valence electrons. The van der Waals surface area contributed by atoms with E-state index in [-0.39, 0.29) is 0 Å². The van der Waals surface area contributed by atoms with Crippen LogP contribution < -0.4 is 4.74 Å². The van der Waals surface area contributed by atoms with Crippen LogP contribution in [-0.4, -0.2) is 0 Å². The Balaban J connectivity index is 2.21. The van der Waals surface area contributed by atoms with Gasteiger partial charge in [0.1, 0.15) is 12.3 Å². The fourth-order valence-electron chi connectivity index (χ4n) is 1.22. The quantitative estimate of drug-likeness (QED) is 0.754. The van der Waals surface area contributed by atoms with Crippen molar-refractivity contribution in [3.8, 4) is 5.75 Å². The van der Waals surface area contributed by atoms with Crippen LogP contribution in [0.3, 0.4) is 0 Å². The van der Waals surface area contributed by atoms with Gasteiger partial charge in [-0.3, -0.25) is 0 Å². The molecule has 3 heteroatoms. The van der Waals surface area contributed by atoms with Crippen molar-refractivity contribution >= 4 is 21.6 Å². The van der Waals surface area contributed by atoms with Crippen molar-refractivity contribution in [1.82, 2.24) is 0 Å². The highest BCUT2D eigenvalue weighted by Gasteiger charge is 1.96. The molecule has 0 aromatic heterocycles. The molecule has 2 aromatic carbocycles. The van der Waals surface area contributed by atoms with E-state index in [1.165, 1.54) is 0 Å². The van der Waals surface area contributed by atoms with E-state index >= 15 is 0 Å². The second-order valence-corrected chi connectivity index (χ2v) is 4.23. The molecule has 2 nitrogen and oxygen atoms in total. The maximum Gasteiger partial charge on any atom is 0.187 e. The molecule has 0 unspecified atom stereocenters. The third kappa shape index (κ3) is 3.33. The molecule has 0 radical (unpaired) electrons. The Morgan fingerprint density at radius 1 is 1.12 bits per heavy atom. The summed E-state index contributed by atoms with van der Waals surface area (Å²) < 4.78 is 22.1. The van der Waals surface area contributed by atoms with E-state index in [2.05, 4.69) is 20.8 Å². The summed E-state index contributed by atoms with van der Waals surface area (Å²) in [7, 11) is 0. The van der Waals surface area contributed by atoms with E-state index in [9.17, 15) is 0 Å². The summed E-state index contributed by atoms with van der Waals surface area (Å²) in [5.41, 5.74) is 0.853. The van der Waals surface area contributed by atoms with Crippen LogP contribution >= 0.6 is 15.9 Å². The summed E-state index contributed by atoms with van der Waals surface area (Å²) in [6, 6.07) is 13.2. The van der Waals surface area contributed by atoms with Crippen molar-refractivity contribution in [3.05, 3.63) is 70.0 Å². The highest BCUT2D eigenvalue weighted by atomic mass is 79.9. The molecule has 0 amide bonds. The summed E-state index contributed by atoms with van der Waals surface area (Å²) in [6.07, 6.45) is 0. The number of halogens is 1. The first-order valence-corrected chi connectivity index (χ1v) is 5.73. The lowest BCUT2D eigenvalue weighted by atomic mass is 10.2. The van der Waals surface area contributed by atoms with Crippen molar-refractivity contribution in [2.75, 3.05) is 0 Å². The summed E-state index contributed by atoms with van der Waals surface area (Å²) in [4.78, 5) is 3.27. The van der Waals surface area contributed by atoms with Crippen molar-refractivity contribution in [3.63, 3.8) is 0 Å². The Bertz CT molecular complexity index is 603. The van der Waals surface area contributed by atoms with Gasteiger partial charge in [-0.1, -0.05) is 40.2 Å². The molecule has 0 heterocycles. The maximum absolute atomic E-state index is 7.94. The van der Waals surface area contributed by atoms with Gasteiger partial charge < -0.3 is 4.74 Å². The summed E-state index contributed by atoms with van der Waals surface area (Å²) >= 11 is 3.31. The minimum atomic E-state index is -1.94. The molecular formula is C14H10BrNO. The van der Waals surface area contributed by atoms with Crippen molar-refractivity contribution < 1.29 is 7.48 Å². The molecular weight excluding hydrogens is 278 g/mol. The Hall–Kier alpha value is -1.79. The van der Waals surface area contributed by atoms with Crippen LogP contribution in [0.2, 0.25) is 0 Å². The zero-order valence-electron chi connectivity index (χ0n) is 10.9. The monoisotopic (exact) mass is 289 g/mol. The Morgan fingerprint density at radius 2 is 1.76 bits per heavy atom. The molecule has 17 heavy (non-hydrogen) atoms. The smallest absolute Gasteiger partial charge is 0.187 e. The van der Waals surface area contributed by atoms with E-state index in [1.54, 1.807) is 48.5 Å². The number of rotatable bonds is 3. The average Bonchev–Trinajstić information content (AvgIpc) is 2.41. The van der Waals surface area contributed by atoms with Crippen LogP contribution in [0.15, 0.2) is 53.0 Å². The zero-order valence-corrected chi connectivity index (χ0v) is 10.4. The Morgan fingerprint density at radius 3 is 2.35 bits per heavy atom. The highest BCUT2D eigenvalue weighted by molar-refractivity contribution is 9.10. The van der Waals surface area contributed by atoms with E-state index in [4.69, 9.17) is 14.1 Å². The summed E-state index contributed by atoms with van der Waals surface area (Å²) in [5, 5.41) is 0. The molecule has 0 bridgehead atoms. The van der Waals surface area contributed by atoms with Gasteiger partial charge in [0.2, 0.25) is 0 Å². The molecule has 0 saturated carbocycles. The van der Waals surface area contributed by atoms with E-state index in [0.29, 0.717) is 17.0 Å². The first kappa shape index (κ1) is 9.26. The van der Waals surface area contributed by atoms with E-state index in [1.807, 2.05) is 0 Å². The van der Waals surface area contributed by atoms with Gasteiger partial charge in [-0.25, -0.2) is 4.85 Å². The second-order valence-electron chi connectivity index (χ2n) is 3.32. The SMILES string of the molecule is [2H]C([2H])(Oc1ccc(Br)cc1)c1ccc([N+]#[C-])cc1. The largest absolute Gasteiger partial charge is 0.489 e. The topological polar surface area (TPSA) is 13.6 Å². The zero-order chi connectivity index (χ0) is 13.9. The van der Waals surface area contributed by atoms with Gasteiger partial charge >= 0.3 is 0 Å². The lowest BCUT2D eigenvalue weighted by Gasteiger charge is -2.06. The minimum Gasteiger partial charge on any atom is -0.489 e. The van der Waals surface area contributed by atoms with Crippen LogP contribution in [0.4, 0.5) is 5.69 Å².